The van der Waals surface area contributed by atoms with Gasteiger partial charge in [-0.2, -0.15) is 0 Å². The van der Waals surface area contributed by atoms with Gasteiger partial charge >= 0.3 is 0 Å². The van der Waals surface area contributed by atoms with Crippen molar-refractivity contribution in [3.63, 3.8) is 0 Å². The molecule has 3 N–H and O–H groups in total. The van der Waals surface area contributed by atoms with Crippen LogP contribution in [0.2, 0.25) is 0 Å². The molecule has 0 aliphatic carbocycles. The number of carbonyl (C=O) groups is 2. The van der Waals surface area contributed by atoms with Crippen molar-refractivity contribution in [3.05, 3.63) is 78.3 Å². The maximum Gasteiger partial charge on any atom is 0.251 e. The Morgan fingerprint density at radius 1 is 0.967 bits per heavy atom. The Bertz CT molecular complexity index is 936. The molecule has 30 heavy (non-hydrogen) atoms. The van der Waals surface area contributed by atoms with E-state index in [0.29, 0.717) is 30.2 Å². The lowest BCUT2D eigenvalue weighted by Gasteiger charge is -2.10. The van der Waals surface area contributed by atoms with E-state index >= 15 is 0 Å². The van der Waals surface area contributed by atoms with Crippen LogP contribution >= 0.6 is 0 Å². The average molecular weight is 407 g/mol. The van der Waals surface area contributed by atoms with Crippen molar-refractivity contribution in [1.82, 2.24) is 5.32 Å². The number of amides is 2. The van der Waals surface area contributed by atoms with E-state index in [0.717, 1.165) is 17.9 Å². The Morgan fingerprint density at radius 2 is 1.70 bits per heavy atom. The first-order chi connectivity index (χ1) is 14.6. The third-order valence-electron chi connectivity index (χ3n) is 4.21. The van der Waals surface area contributed by atoms with E-state index in [4.69, 9.17) is 9.15 Å². The van der Waals surface area contributed by atoms with E-state index in [1.165, 1.54) is 0 Å². The van der Waals surface area contributed by atoms with Gasteiger partial charge in [-0.25, -0.2) is 0 Å². The van der Waals surface area contributed by atoms with Crippen molar-refractivity contribution in [3.8, 4) is 5.75 Å². The number of anilines is 2. The largest absolute Gasteiger partial charge is 0.494 e. The number of hydrogen-bond donors (Lipinski definition) is 3. The van der Waals surface area contributed by atoms with Crippen LogP contribution in [0.4, 0.5) is 11.4 Å². The van der Waals surface area contributed by atoms with Gasteiger partial charge in [-0.3, -0.25) is 9.59 Å². The average Bonchev–Trinajstić information content (AvgIpc) is 3.30. The maximum atomic E-state index is 12.2. The molecule has 0 spiro atoms. The number of furan rings is 1. The van der Waals surface area contributed by atoms with E-state index < -0.39 is 0 Å². The summed E-state index contributed by atoms with van der Waals surface area (Å²) in [5.74, 6) is 1.11. The van der Waals surface area contributed by atoms with Gasteiger partial charge in [0.25, 0.3) is 5.91 Å². The number of benzene rings is 2. The third-order valence-corrected chi connectivity index (χ3v) is 4.21. The van der Waals surface area contributed by atoms with Crippen LogP contribution in [-0.2, 0) is 11.3 Å². The topological polar surface area (TPSA) is 92.6 Å². The van der Waals surface area contributed by atoms with Gasteiger partial charge in [0.1, 0.15) is 11.5 Å². The second-order valence-corrected chi connectivity index (χ2v) is 6.61. The lowest BCUT2D eigenvalue weighted by molar-refractivity contribution is -0.114. The van der Waals surface area contributed by atoms with Gasteiger partial charge in [-0.1, -0.05) is 6.92 Å². The van der Waals surface area contributed by atoms with Crippen molar-refractivity contribution >= 4 is 23.2 Å². The minimum atomic E-state index is -0.193. The van der Waals surface area contributed by atoms with Crippen molar-refractivity contribution in [2.24, 2.45) is 0 Å². The summed E-state index contributed by atoms with van der Waals surface area (Å²) in [5, 5.41) is 8.65. The monoisotopic (exact) mass is 407 g/mol. The Balaban J connectivity index is 1.42. The molecule has 0 atom stereocenters. The molecule has 156 valence electrons. The lowest BCUT2D eigenvalue weighted by Crippen LogP contribution is -2.23. The summed E-state index contributed by atoms with van der Waals surface area (Å²) in [4.78, 5) is 24.3. The fourth-order valence-corrected chi connectivity index (χ4v) is 2.66. The first-order valence-electron chi connectivity index (χ1n) is 9.81. The van der Waals surface area contributed by atoms with Gasteiger partial charge in [0, 0.05) is 16.9 Å². The highest BCUT2D eigenvalue weighted by Gasteiger charge is 2.07. The smallest absolute Gasteiger partial charge is 0.251 e. The highest BCUT2D eigenvalue weighted by atomic mass is 16.5. The Labute approximate surface area is 175 Å². The molecule has 2 aromatic carbocycles. The molecular weight excluding hydrogens is 382 g/mol. The zero-order valence-electron chi connectivity index (χ0n) is 16.8. The van der Waals surface area contributed by atoms with Gasteiger partial charge < -0.3 is 25.1 Å². The molecule has 0 unspecified atom stereocenters. The summed E-state index contributed by atoms with van der Waals surface area (Å²) in [7, 11) is 0. The standard InChI is InChI=1S/C23H25N3O4/c1-2-13-29-20-11-9-19(10-12-20)26-22(27)16-24-18-7-5-17(6-8-18)23(28)25-15-21-4-3-14-30-21/h3-12,14,24H,2,13,15-16H2,1H3,(H,25,28)(H,26,27). The molecule has 0 aliphatic heterocycles. The summed E-state index contributed by atoms with van der Waals surface area (Å²) in [6.45, 7) is 3.16. The van der Waals surface area contributed by atoms with E-state index in [1.54, 1.807) is 54.8 Å². The molecule has 0 saturated heterocycles. The Hall–Kier alpha value is -3.74. The minimum absolute atomic E-state index is 0.109. The third kappa shape index (κ3) is 6.41. The van der Waals surface area contributed by atoms with Crippen molar-refractivity contribution < 1.29 is 18.7 Å². The zero-order valence-corrected chi connectivity index (χ0v) is 16.8. The summed E-state index contributed by atoms with van der Waals surface area (Å²) >= 11 is 0. The van der Waals surface area contributed by atoms with Crippen LogP contribution in [0.5, 0.6) is 5.75 Å². The summed E-state index contributed by atoms with van der Waals surface area (Å²) < 4.78 is 10.7. The first kappa shape index (κ1) is 21.0. The number of ether oxygens (including phenoxy) is 1. The van der Waals surface area contributed by atoms with Crippen LogP contribution in [0.1, 0.15) is 29.5 Å². The number of carbonyl (C=O) groups excluding carboxylic acids is 2. The molecule has 3 rings (SSSR count). The fourth-order valence-electron chi connectivity index (χ4n) is 2.66. The summed E-state index contributed by atoms with van der Waals surface area (Å²) in [6.07, 6.45) is 2.51. The predicted octanol–water partition coefficient (Wildman–Crippen LogP) is 4.05. The van der Waals surface area contributed by atoms with Crippen LogP contribution in [0, 0.1) is 0 Å². The normalized spacial score (nSPS) is 10.3. The molecule has 0 saturated carbocycles. The minimum Gasteiger partial charge on any atom is -0.494 e. The predicted molar refractivity (Wildman–Crippen MR) is 116 cm³/mol. The molecule has 0 fully saturated rings. The van der Waals surface area contributed by atoms with Crippen LogP contribution in [0.3, 0.4) is 0 Å². The van der Waals surface area contributed by atoms with Gasteiger partial charge in [0.15, 0.2) is 0 Å². The quantitative estimate of drug-likeness (QED) is 0.472. The van der Waals surface area contributed by atoms with E-state index in [1.807, 2.05) is 19.1 Å². The van der Waals surface area contributed by atoms with Crippen LogP contribution in [-0.4, -0.2) is 25.0 Å². The highest BCUT2D eigenvalue weighted by molar-refractivity contribution is 5.95. The number of nitrogens with one attached hydrogen (secondary N) is 3. The van der Waals surface area contributed by atoms with E-state index in [9.17, 15) is 9.59 Å². The van der Waals surface area contributed by atoms with E-state index in [2.05, 4.69) is 16.0 Å². The second kappa shape index (κ2) is 10.7. The summed E-state index contributed by atoms with van der Waals surface area (Å²) in [5.41, 5.74) is 1.98. The Kier molecular flexibility index (Phi) is 7.49. The maximum absolute atomic E-state index is 12.2. The molecule has 2 amide bonds. The number of hydrogen-bond acceptors (Lipinski definition) is 5. The molecule has 0 radical (unpaired) electrons. The number of rotatable bonds is 10. The van der Waals surface area contributed by atoms with Gasteiger partial charge in [0.05, 0.1) is 26.0 Å². The molecular formula is C23H25N3O4. The summed E-state index contributed by atoms with van der Waals surface area (Å²) in [6, 6.07) is 17.8. The molecule has 7 nitrogen and oxygen atoms in total. The molecule has 0 bridgehead atoms. The van der Waals surface area contributed by atoms with Gasteiger partial charge in [-0.15, -0.1) is 0 Å². The van der Waals surface area contributed by atoms with Crippen molar-refractivity contribution in [2.75, 3.05) is 23.8 Å². The van der Waals surface area contributed by atoms with E-state index in [-0.39, 0.29) is 18.4 Å². The Morgan fingerprint density at radius 3 is 2.37 bits per heavy atom. The molecule has 7 heteroatoms. The molecule has 3 aromatic rings. The molecule has 1 aromatic heterocycles. The van der Waals surface area contributed by atoms with Crippen LogP contribution in [0.25, 0.3) is 0 Å². The lowest BCUT2D eigenvalue weighted by atomic mass is 10.2. The van der Waals surface area contributed by atoms with Crippen molar-refractivity contribution in [2.45, 2.75) is 19.9 Å². The van der Waals surface area contributed by atoms with Crippen LogP contribution < -0.4 is 20.7 Å². The highest BCUT2D eigenvalue weighted by Crippen LogP contribution is 2.16. The van der Waals surface area contributed by atoms with Gasteiger partial charge in [-0.05, 0) is 67.1 Å². The van der Waals surface area contributed by atoms with Crippen molar-refractivity contribution in [1.29, 1.82) is 0 Å². The van der Waals surface area contributed by atoms with Crippen LogP contribution in [0.15, 0.2) is 71.3 Å². The first-order valence-corrected chi connectivity index (χ1v) is 9.81. The second-order valence-electron chi connectivity index (χ2n) is 6.61. The fraction of sp³-hybridized carbons (Fsp3) is 0.217. The SMILES string of the molecule is CCCOc1ccc(NC(=O)CNc2ccc(C(=O)NCc3ccco3)cc2)cc1. The zero-order chi connectivity index (χ0) is 21.2. The molecule has 0 aliphatic rings. The van der Waals surface area contributed by atoms with Gasteiger partial charge in [0.2, 0.25) is 5.91 Å². The molecule has 1 heterocycles.